The van der Waals surface area contributed by atoms with E-state index in [1.165, 1.54) is 23.4 Å². The Bertz CT molecular complexity index is 948. The quantitative estimate of drug-likeness (QED) is 0.683. The number of halogens is 1. The minimum atomic E-state index is -0.224. The van der Waals surface area contributed by atoms with Crippen molar-refractivity contribution in [1.29, 1.82) is 0 Å². The van der Waals surface area contributed by atoms with Crippen LogP contribution in [0.15, 0.2) is 48.5 Å². The second kappa shape index (κ2) is 10.1. The third-order valence-corrected chi connectivity index (χ3v) is 7.21. The smallest absolute Gasteiger partial charge is 0.225 e. The molecule has 33 heavy (non-hydrogen) atoms. The van der Waals surface area contributed by atoms with Crippen molar-refractivity contribution in [1.82, 2.24) is 10.2 Å². The number of rotatable bonds is 6. The fourth-order valence-electron chi connectivity index (χ4n) is 5.41. The summed E-state index contributed by atoms with van der Waals surface area (Å²) >= 11 is 0. The third-order valence-electron chi connectivity index (χ3n) is 7.21. The highest BCUT2D eigenvalue weighted by Crippen LogP contribution is 2.36. The lowest BCUT2D eigenvalue weighted by molar-refractivity contribution is -0.125. The van der Waals surface area contributed by atoms with Gasteiger partial charge >= 0.3 is 0 Å². The van der Waals surface area contributed by atoms with Gasteiger partial charge in [0.1, 0.15) is 5.82 Å². The number of hydrogen-bond acceptors (Lipinski definition) is 5. The van der Waals surface area contributed by atoms with Crippen LogP contribution in [-0.2, 0) is 16.0 Å². The molecule has 0 radical (unpaired) electrons. The summed E-state index contributed by atoms with van der Waals surface area (Å²) in [5.74, 6) is -0.188. The van der Waals surface area contributed by atoms with Crippen LogP contribution < -0.4 is 15.1 Å². The molecule has 5 rings (SSSR count). The average Bonchev–Trinajstić information content (AvgIpc) is 2.87. The van der Waals surface area contributed by atoms with Gasteiger partial charge in [-0.15, -0.1) is 0 Å². The highest BCUT2D eigenvalue weighted by atomic mass is 19.1. The van der Waals surface area contributed by atoms with Crippen LogP contribution in [0.1, 0.15) is 12.0 Å². The average molecular weight is 453 g/mol. The van der Waals surface area contributed by atoms with Crippen molar-refractivity contribution in [3.8, 4) is 0 Å². The summed E-state index contributed by atoms with van der Waals surface area (Å²) in [6, 6.07) is 15.2. The van der Waals surface area contributed by atoms with E-state index in [1.54, 1.807) is 0 Å². The molecule has 1 amide bonds. The molecule has 2 fully saturated rings. The predicted molar refractivity (Wildman–Crippen MR) is 128 cm³/mol. The molecule has 3 aliphatic rings. The molecular weight excluding hydrogens is 419 g/mol. The van der Waals surface area contributed by atoms with Gasteiger partial charge in [0.25, 0.3) is 0 Å². The number of ether oxygens (including phenoxy) is 1. The topological polar surface area (TPSA) is 48.1 Å². The second-order valence-electron chi connectivity index (χ2n) is 9.22. The van der Waals surface area contributed by atoms with Gasteiger partial charge in [-0.3, -0.25) is 9.69 Å². The van der Waals surface area contributed by atoms with Crippen LogP contribution in [0, 0.1) is 11.7 Å². The standard InChI is InChI=1S/C26H33FN4O2/c27-21-6-8-22(9-7-21)30-12-13-31-24-5-2-1-4-20(24)18-23(25(31)19-30)26(32)28-10-3-11-29-14-16-33-17-15-29/h1-2,4-9,23,25H,3,10-19H2,(H,28,32)/t23-,25-/m0/s1. The fraction of sp³-hybridized carbons (Fsp3) is 0.500. The van der Waals surface area contributed by atoms with E-state index < -0.39 is 0 Å². The zero-order valence-electron chi connectivity index (χ0n) is 19.1. The molecule has 3 aliphatic heterocycles. The lowest BCUT2D eigenvalue weighted by Gasteiger charge is -2.49. The number of fused-ring (bicyclic) bond motifs is 3. The fourth-order valence-corrected chi connectivity index (χ4v) is 5.41. The Hall–Kier alpha value is -2.64. The molecule has 1 N–H and O–H groups in total. The first-order valence-corrected chi connectivity index (χ1v) is 12.1. The van der Waals surface area contributed by atoms with Gasteiger partial charge in [0.15, 0.2) is 0 Å². The van der Waals surface area contributed by atoms with Crippen molar-refractivity contribution < 1.29 is 13.9 Å². The normalized spacial score (nSPS) is 23.1. The van der Waals surface area contributed by atoms with Gasteiger partial charge in [0, 0.05) is 50.6 Å². The number of carbonyl (C=O) groups excluding carboxylic acids is 1. The molecule has 0 bridgehead atoms. The number of amides is 1. The van der Waals surface area contributed by atoms with E-state index in [-0.39, 0.29) is 23.7 Å². The van der Waals surface area contributed by atoms with E-state index in [9.17, 15) is 9.18 Å². The molecule has 0 aliphatic carbocycles. The first-order valence-electron chi connectivity index (χ1n) is 12.1. The number of benzene rings is 2. The number of nitrogens with one attached hydrogen (secondary N) is 1. The van der Waals surface area contributed by atoms with Gasteiger partial charge in [-0.2, -0.15) is 0 Å². The minimum Gasteiger partial charge on any atom is -0.379 e. The Morgan fingerprint density at radius 1 is 1.03 bits per heavy atom. The zero-order valence-corrected chi connectivity index (χ0v) is 19.1. The molecule has 176 valence electrons. The Morgan fingerprint density at radius 3 is 2.64 bits per heavy atom. The number of hydrogen-bond donors (Lipinski definition) is 1. The van der Waals surface area contributed by atoms with E-state index >= 15 is 0 Å². The molecule has 2 saturated heterocycles. The zero-order chi connectivity index (χ0) is 22.6. The van der Waals surface area contributed by atoms with Crippen LogP contribution in [0.4, 0.5) is 15.8 Å². The van der Waals surface area contributed by atoms with Crippen LogP contribution in [0.3, 0.4) is 0 Å². The monoisotopic (exact) mass is 452 g/mol. The lowest BCUT2D eigenvalue weighted by atomic mass is 9.83. The summed E-state index contributed by atoms with van der Waals surface area (Å²) < 4.78 is 18.8. The molecule has 2 atom stereocenters. The summed E-state index contributed by atoms with van der Waals surface area (Å²) in [5.41, 5.74) is 3.51. The summed E-state index contributed by atoms with van der Waals surface area (Å²) in [4.78, 5) is 20.5. The Morgan fingerprint density at radius 2 is 1.82 bits per heavy atom. The highest BCUT2D eigenvalue weighted by Gasteiger charge is 2.41. The maximum atomic E-state index is 13.4. The SMILES string of the molecule is O=C(NCCCN1CCOCC1)[C@H]1Cc2ccccc2N2CCN(c3ccc(F)cc3)C[C@@H]12. The van der Waals surface area contributed by atoms with E-state index in [1.807, 2.05) is 12.1 Å². The van der Waals surface area contributed by atoms with Crippen LogP contribution >= 0.6 is 0 Å². The Kier molecular flexibility index (Phi) is 6.78. The number of anilines is 2. The molecule has 0 aromatic heterocycles. The van der Waals surface area contributed by atoms with Crippen molar-refractivity contribution in [3.05, 3.63) is 59.9 Å². The van der Waals surface area contributed by atoms with Gasteiger partial charge in [-0.05, 0) is 55.3 Å². The Labute approximate surface area is 195 Å². The van der Waals surface area contributed by atoms with Gasteiger partial charge in [0.2, 0.25) is 5.91 Å². The molecule has 0 unspecified atom stereocenters. The van der Waals surface area contributed by atoms with Crippen molar-refractivity contribution >= 4 is 17.3 Å². The maximum absolute atomic E-state index is 13.4. The van der Waals surface area contributed by atoms with E-state index in [4.69, 9.17) is 4.74 Å². The molecule has 0 saturated carbocycles. The lowest BCUT2D eigenvalue weighted by Crippen LogP contribution is -2.61. The highest BCUT2D eigenvalue weighted by molar-refractivity contribution is 5.82. The minimum absolute atomic E-state index is 0.0953. The second-order valence-corrected chi connectivity index (χ2v) is 9.22. The Balaban J connectivity index is 1.26. The van der Waals surface area contributed by atoms with Crippen molar-refractivity contribution in [2.24, 2.45) is 5.92 Å². The third kappa shape index (κ3) is 4.99. The van der Waals surface area contributed by atoms with Crippen LogP contribution in [-0.4, -0.2) is 75.9 Å². The van der Waals surface area contributed by atoms with Gasteiger partial charge < -0.3 is 19.9 Å². The first kappa shape index (κ1) is 22.2. The molecule has 7 heteroatoms. The number of morpholine rings is 1. The van der Waals surface area contributed by atoms with Crippen LogP contribution in [0.2, 0.25) is 0 Å². The largest absolute Gasteiger partial charge is 0.379 e. The van der Waals surface area contributed by atoms with Gasteiger partial charge in [0.05, 0.1) is 25.2 Å². The van der Waals surface area contributed by atoms with Gasteiger partial charge in [-0.25, -0.2) is 4.39 Å². The first-order chi connectivity index (χ1) is 16.2. The summed E-state index contributed by atoms with van der Waals surface area (Å²) in [6.07, 6.45) is 1.70. The molecule has 3 heterocycles. The number of carbonyl (C=O) groups is 1. The van der Waals surface area contributed by atoms with E-state index in [0.29, 0.717) is 6.54 Å². The van der Waals surface area contributed by atoms with E-state index in [2.05, 4.69) is 44.3 Å². The molecule has 6 nitrogen and oxygen atoms in total. The predicted octanol–water partition coefficient (Wildman–Crippen LogP) is 2.53. The maximum Gasteiger partial charge on any atom is 0.225 e. The van der Waals surface area contributed by atoms with Gasteiger partial charge in [-0.1, -0.05) is 18.2 Å². The molecule has 2 aromatic rings. The van der Waals surface area contributed by atoms with Crippen molar-refractivity contribution in [2.45, 2.75) is 18.9 Å². The van der Waals surface area contributed by atoms with Crippen molar-refractivity contribution in [3.63, 3.8) is 0 Å². The van der Waals surface area contributed by atoms with Crippen LogP contribution in [0.5, 0.6) is 0 Å². The molecule has 0 spiro atoms. The number of nitrogens with zero attached hydrogens (tertiary/aromatic N) is 3. The summed E-state index contributed by atoms with van der Waals surface area (Å²) in [7, 11) is 0. The number of para-hydroxylation sites is 1. The summed E-state index contributed by atoms with van der Waals surface area (Å²) in [5, 5.41) is 3.23. The van der Waals surface area contributed by atoms with Crippen molar-refractivity contribution in [2.75, 3.05) is 68.8 Å². The van der Waals surface area contributed by atoms with Crippen LogP contribution in [0.25, 0.3) is 0 Å². The molecule has 2 aromatic carbocycles. The number of piperazine rings is 1. The van der Waals surface area contributed by atoms with E-state index in [0.717, 1.165) is 71.0 Å². The molecular formula is C26H33FN4O2. The summed E-state index contributed by atoms with van der Waals surface area (Å²) in [6.45, 7) is 7.70.